The van der Waals surface area contributed by atoms with Gasteiger partial charge in [0.05, 0.1) is 18.1 Å². The van der Waals surface area contributed by atoms with Gasteiger partial charge >= 0.3 is 5.97 Å². The average Bonchev–Trinajstić information content (AvgIpc) is 3.12. The number of benzene rings is 1. The molecule has 0 amide bonds. The molecule has 4 nitrogen and oxygen atoms in total. The third-order valence-electron chi connectivity index (χ3n) is 5.03. The molecule has 2 atom stereocenters. The van der Waals surface area contributed by atoms with E-state index in [1.165, 1.54) is 0 Å². The minimum atomic E-state index is -0.707. The van der Waals surface area contributed by atoms with Crippen LogP contribution in [-0.4, -0.2) is 24.3 Å². The molecule has 1 aliphatic carbocycles. The van der Waals surface area contributed by atoms with E-state index in [4.69, 9.17) is 10.5 Å². The molecule has 0 radical (unpaired) electrons. The Labute approximate surface area is 125 Å². The van der Waals surface area contributed by atoms with Gasteiger partial charge in [-0.25, -0.2) is 0 Å². The Morgan fingerprint density at radius 3 is 2.48 bits per heavy atom. The number of carboxylic acids is 1. The van der Waals surface area contributed by atoms with Crippen molar-refractivity contribution in [1.82, 2.24) is 0 Å². The van der Waals surface area contributed by atoms with Crippen molar-refractivity contribution >= 4 is 5.97 Å². The molecule has 2 unspecified atom stereocenters. The number of nitrogens with two attached hydrogens (primary N) is 1. The molecular weight excluding hydrogens is 266 g/mol. The van der Waals surface area contributed by atoms with E-state index in [0.717, 1.165) is 43.2 Å². The van der Waals surface area contributed by atoms with E-state index in [9.17, 15) is 9.90 Å². The van der Waals surface area contributed by atoms with Gasteiger partial charge in [-0.2, -0.15) is 0 Å². The molecule has 0 bridgehead atoms. The van der Waals surface area contributed by atoms with Gasteiger partial charge in [0, 0.05) is 6.61 Å². The summed E-state index contributed by atoms with van der Waals surface area (Å²) >= 11 is 0. The summed E-state index contributed by atoms with van der Waals surface area (Å²) in [4.78, 5) is 11.6. The van der Waals surface area contributed by atoms with Crippen molar-refractivity contribution in [1.29, 1.82) is 0 Å². The van der Waals surface area contributed by atoms with Crippen LogP contribution in [0.1, 0.15) is 49.1 Å². The molecule has 1 aromatic rings. The summed E-state index contributed by atoms with van der Waals surface area (Å²) in [6, 6.07) is 7.85. The van der Waals surface area contributed by atoms with Crippen LogP contribution in [-0.2, 0) is 15.1 Å². The molecule has 1 heterocycles. The molecule has 1 aromatic carbocycles. The molecule has 1 saturated heterocycles. The highest BCUT2D eigenvalue weighted by Gasteiger charge is 2.34. The molecule has 2 fully saturated rings. The number of rotatable bonds is 4. The maximum atomic E-state index is 11.6. The maximum absolute atomic E-state index is 11.6. The Morgan fingerprint density at radius 2 is 1.95 bits per heavy atom. The molecule has 114 valence electrons. The van der Waals surface area contributed by atoms with Crippen molar-refractivity contribution in [2.45, 2.75) is 43.6 Å². The molecule has 3 N–H and O–H groups in total. The van der Waals surface area contributed by atoms with Crippen LogP contribution in [0.5, 0.6) is 0 Å². The number of carboxylic acid groups (broad SMARTS) is 1. The van der Waals surface area contributed by atoms with Crippen molar-refractivity contribution in [3.63, 3.8) is 0 Å². The lowest BCUT2D eigenvalue weighted by Crippen LogP contribution is -2.37. The Bertz CT molecular complexity index is 499. The molecule has 3 rings (SSSR count). The molecule has 1 saturated carbocycles. The van der Waals surface area contributed by atoms with Crippen molar-refractivity contribution in [2.24, 2.45) is 11.7 Å². The van der Waals surface area contributed by atoms with Gasteiger partial charge in [0.25, 0.3) is 0 Å². The van der Waals surface area contributed by atoms with Crippen LogP contribution in [0.2, 0.25) is 0 Å². The van der Waals surface area contributed by atoms with Gasteiger partial charge in [0.15, 0.2) is 0 Å². The molecule has 1 aliphatic heterocycles. The third-order valence-corrected chi connectivity index (χ3v) is 5.03. The van der Waals surface area contributed by atoms with Gasteiger partial charge in [-0.05, 0) is 36.3 Å². The fourth-order valence-electron chi connectivity index (χ4n) is 3.74. The largest absolute Gasteiger partial charge is 0.481 e. The Kier molecular flexibility index (Phi) is 4.00. The lowest BCUT2D eigenvalue weighted by atomic mass is 9.83. The number of ether oxygens (including phenoxy) is 1. The van der Waals surface area contributed by atoms with E-state index in [1.54, 1.807) is 0 Å². The van der Waals surface area contributed by atoms with Crippen molar-refractivity contribution < 1.29 is 14.6 Å². The second-order valence-corrected chi connectivity index (χ2v) is 6.44. The van der Waals surface area contributed by atoms with Gasteiger partial charge in [-0.1, -0.05) is 37.1 Å². The zero-order valence-corrected chi connectivity index (χ0v) is 12.3. The summed E-state index contributed by atoms with van der Waals surface area (Å²) in [6.07, 6.45) is 5.16. The second-order valence-electron chi connectivity index (χ2n) is 6.44. The highest BCUT2D eigenvalue weighted by atomic mass is 16.5. The minimum absolute atomic E-state index is 0.273. The fourth-order valence-corrected chi connectivity index (χ4v) is 3.74. The summed E-state index contributed by atoms with van der Waals surface area (Å²) in [5, 5.41) is 9.57. The highest BCUT2D eigenvalue weighted by molar-refractivity contribution is 5.76. The molecule has 0 spiro atoms. The first-order valence-corrected chi connectivity index (χ1v) is 7.80. The topological polar surface area (TPSA) is 72.6 Å². The van der Waals surface area contributed by atoms with E-state index >= 15 is 0 Å². The summed E-state index contributed by atoms with van der Waals surface area (Å²) in [6.45, 7) is 1.23. The molecule has 0 aromatic heterocycles. The summed E-state index contributed by atoms with van der Waals surface area (Å²) in [5.74, 6) is -0.814. The lowest BCUT2D eigenvalue weighted by Gasteiger charge is -2.24. The molecule has 4 heteroatoms. The Morgan fingerprint density at radius 1 is 1.29 bits per heavy atom. The first kappa shape index (κ1) is 14.5. The van der Waals surface area contributed by atoms with Gasteiger partial charge < -0.3 is 15.6 Å². The third kappa shape index (κ3) is 2.83. The average molecular weight is 289 g/mol. The van der Waals surface area contributed by atoms with Crippen LogP contribution >= 0.6 is 0 Å². The van der Waals surface area contributed by atoms with Crippen LogP contribution in [0, 0.1) is 5.92 Å². The normalized spacial score (nSPS) is 27.9. The Hall–Kier alpha value is -1.39. The first-order chi connectivity index (χ1) is 10.1. The predicted molar refractivity (Wildman–Crippen MR) is 80.1 cm³/mol. The highest BCUT2D eigenvalue weighted by Crippen LogP contribution is 2.38. The second kappa shape index (κ2) is 5.78. The van der Waals surface area contributed by atoms with Crippen LogP contribution in [0.3, 0.4) is 0 Å². The van der Waals surface area contributed by atoms with E-state index in [1.807, 2.05) is 24.3 Å². The van der Waals surface area contributed by atoms with Gasteiger partial charge in [-0.15, -0.1) is 0 Å². The number of hydrogen-bond donors (Lipinski definition) is 2. The van der Waals surface area contributed by atoms with Gasteiger partial charge in [-0.3, -0.25) is 4.79 Å². The van der Waals surface area contributed by atoms with E-state index < -0.39 is 11.5 Å². The number of aliphatic carboxylic acids is 1. The lowest BCUT2D eigenvalue weighted by molar-refractivity contribution is -0.140. The van der Waals surface area contributed by atoms with Crippen LogP contribution in [0.15, 0.2) is 24.3 Å². The first-order valence-electron chi connectivity index (χ1n) is 7.80. The van der Waals surface area contributed by atoms with Gasteiger partial charge in [0.1, 0.15) is 0 Å². The number of carbonyl (C=O) groups is 1. The van der Waals surface area contributed by atoms with Crippen molar-refractivity contribution in [3.8, 4) is 0 Å². The Balaban J connectivity index is 1.83. The molecular formula is C17H23NO3. The fraction of sp³-hybridized carbons (Fsp3) is 0.588. The summed E-state index contributed by atoms with van der Waals surface area (Å²) < 4.78 is 5.39. The quantitative estimate of drug-likeness (QED) is 0.893. The van der Waals surface area contributed by atoms with Crippen molar-refractivity contribution in [3.05, 3.63) is 35.4 Å². The minimum Gasteiger partial charge on any atom is -0.481 e. The standard InChI is InChI=1S/C17H23NO3/c18-17(9-10-21-11-17)14-7-5-13(6-8-14)15(16(19)20)12-3-1-2-4-12/h5-8,12,15H,1-4,9-11,18H2,(H,19,20). The van der Waals surface area contributed by atoms with Crippen LogP contribution in [0.4, 0.5) is 0 Å². The van der Waals surface area contributed by atoms with E-state index in [0.29, 0.717) is 13.2 Å². The van der Waals surface area contributed by atoms with E-state index in [-0.39, 0.29) is 11.8 Å². The zero-order chi connectivity index (χ0) is 14.9. The van der Waals surface area contributed by atoms with Gasteiger partial charge in [0.2, 0.25) is 0 Å². The summed E-state index contributed by atoms with van der Waals surface area (Å²) in [5.41, 5.74) is 7.88. The smallest absolute Gasteiger partial charge is 0.311 e. The summed E-state index contributed by atoms with van der Waals surface area (Å²) in [7, 11) is 0. The molecule has 21 heavy (non-hydrogen) atoms. The van der Waals surface area contributed by atoms with Crippen molar-refractivity contribution in [2.75, 3.05) is 13.2 Å². The zero-order valence-electron chi connectivity index (χ0n) is 12.3. The van der Waals surface area contributed by atoms with E-state index in [2.05, 4.69) is 0 Å². The van der Waals surface area contributed by atoms with Crippen LogP contribution in [0.25, 0.3) is 0 Å². The maximum Gasteiger partial charge on any atom is 0.311 e. The predicted octanol–water partition coefficient (Wildman–Crippen LogP) is 2.62. The van der Waals surface area contributed by atoms with Crippen LogP contribution < -0.4 is 5.73 Å². The number of hydrogen-bond acceptors (Lipinski definition) is 3. The molecule has 2 aliphatic rings. The SMILES string of the molecule is NC1(c2ccc(C(C(=O)O)C3CCCC3)cc2)CCOC1. The monoisotopic (exact) mass is 289 g/mol.